The van der Waals surface area contributed by atoms with Crippen LogP contribution in [0.5, 0.6) is 0 Å². The number of imide groups is 1. The lowest BCUT2D eigenvalue weighted by molar-refractivity contribution is 0.0472. The molecule has 3 rings (SSSR count). The third-order valence-corrected chi connectivity index (χ3v) is 3.86. The Bertz CT molecular complexity index is 814. The zero-order valence-corrected chi connectivity index (χ0v) is 13.0. The number of rotatable bonds is 3. The predicted octanol–water partition coefficient (Wildman–Crippen LogP) is 2.92. The summed E-state index contributed by atoms with van der Waals surface area (Å²) in [6.07, 6.45) is 0. The van der Waals surface area contributed by atoms with Crippen LogP contribution in [-0.2, 0) is 11.3 Å². The van der Waals surface area contributed by atoms with E-state index in [1.807, 2.05) is 0 Å². The summed E-state index contributed by atoms with van der Waals surface area (Å²) >= 11 is 5.79. The van der Waals surface area contributed by atoms with Gasteiger partial charge in [0.1, 0.15) is 6.61 Å². The van der Waals surface area contributed by atoms with Crippen LogP contribution in [0.2, 0.25) is 5.02 Å². The van der Waals surface area contributed by atoms with Crippen molar-refractivity contribution in [3.8, 4) is 0 Å². The third kappa shape index (κ3) is 2.83. The summed E-state index contributed by atoms with van der Waals surface area (Å²) in [7, 11) is 1.41. The minimum Gasteiger partial charge on any atom is -0.457 e. The lowest BCUT2D eigenvalue weighted by Gasteiger charge is -2.06. The van der Waals surface area contributed by atoms with Crippen LogP contribution in [0.4, 0.5) is 0 Å². The van der Waals surface area contributed by atoms with Crippen molar-refractivity contribution >= 4 is 29.4 Å². The van der Waals surface area contributed by atoms with E-state index in [-0.39, 0.29) is 23.6 Å². The molecule has 0 saturated carbocycles. The molecule has 5 nitrogen and oxygen atoms in total. The lowest BCUT2D eigenvalue weighted by Crippen LogP contribution is -2.24. The number of benzene rings is 2. The maximum absolute atomic E-state index is 12.1. The first kappa shape index (κ1) is 15.2. The van der Waals surface area contributed by atoms with Gasteiger partial charge in [0.05, 0.1) is 16.7 Å². The molecule has 1 aliphatic heterocycles. The number of carbonyl (C=O) groups excluding carboxylic acids is 3. The number of halogens is 1. The van der Waals surface area contributed by atoms with E-state index in [2.05, 4.69) is 0 Å². The average molecular weight is 330 g/mol. The van der Waals surface area contributed by atoms with Crippen LogP contribution in [0.1, 0.15) is 36.6 Å². The second-order valence-electron chi connectivity index (χ2n) is 5.13. The van der Waals surface area contributed by atoms with Gasteiger partial charge in [0, 0.05) is 12.1 Å². The second-order valence-corrected chi connectivity index (χ2v) is 5.57. The topological polar surface area (TPSA) is 63.7 Å². The zero-order chi connectivity index (χ0) is 16.6. The quantitative estimate of drug-likeness (QED) is 0.641. The maximum Gasteiger partial charge on any atom is 0.338 e. The fourth-order valence-corrected chi connectivity index (χ4v) is 2.43. The average Bonchev–Trinajstić information content (AvgIpc) is 2.78. The van der Waals surface area contributed by atoms with Crippen molar-refractivity contribution in [1.82, 2.24) is 4.90 Å². The Morgan fingerprint density at radius 2 is 1.70 bits per heavy atom. The summed E-state index contributed by atoms with van der Waals surface area (Å²) in [5, 5.41) is 0.603. The van der Waals surface area contributed by atoms with Crippen LogP contribution in [-0.4, -0.2) is 29.7 Å². The number of nitrogens with zero attached hydrogens (tertiary/aromatic N) is 1. The number of amides is 2. The summed E-state index contributed by atoms with van der Waals surface area (Å²) in [6.45, 7) is 0.0971. The molecular weight excluding hydrogens is 318 g/mol. The van der Waals surface area contributed by atoms with Crippen molar-refractivity contribution in [3.05, 3.63) is 69.7 Å². The van der Waals surface area contributed by atoms with Crippen molar-refractivity contribution in [1.29, 1.82) is 0 Å². The smallest absolute Gasteiger partial charge is 0.338 e. The summed E-state index contributed by atoms with van der Waals surface area (Å²) in [6, 6.07) is 11.3. The number of esters is 1. The minimum atomic E-state index is -0.558. The molecule has 2 aromatic carbocycles. The largest absolute Gasteiger partial charge is 0.457 e. The molecule has 0 aromatic heterocycles. The summed E-state index contributed by atoms with van der Waals surface area (Å²) in [5.41, 5.74) is 1.55. The van der Waals surface area contributed by atoms with Gasteiger partial charge in [-0.2, -0.15) is 0 Å². The normalized spacial score (nSPS) is 13.2. The fraction of sp³-hybridized carbons (Fsp3) is 0.118. The molecule has 116 valence electrons. The summed E-state index contributed by atoms with van der Waals surface area (Å²) in [4.78, 5) is 36.9. The molecule has 0 unspecified atom stereocenters. The van der Waals surface area contributed by atoms with Gasteiger partial charge in [0.25, 0.3) is 11.8 Å². The van der Waals surface area contributed by atoms with Gasteiger partial charge in [-0.1, -0.05) is 23.7 Å². The Morgan fingerprint density at radius 3 is 2.39 bits per heavy atom. The highest BCUT2D eigenvalue weighted by atomic mass is 35.5. The molecule has 0 bridgehead atoms. The first-order valence-corrected chi connectivity index (χ1v) is 7.23. The van der Waals surface area contributed by atoms with Crippen LogP contribution in [0.3, 0.4) is 0 Å². The van der Waals surface area contributed by atoms with E-state index in [4.69, 9.17) is 16.3 Å². The van der Waals surface area contributed by atoms with Gasteiger partial charge in [-0.05, 0) is 35.9 Å². The molecule has 0 N–H and O–H groups in total. The van der Waals surface area contributed by atoms with Crippen molar-refractivity contribution in [2.75, 3.05) is 7.05 Å². The Balaban J connectivity index is 1.75. The number of ether oxygens (including phenoxy) is 1. The molecule has 2 aromatic rings. The minimum absolute atomic E-state index is 0.0971. The molecule has 1 aliphatic rings. The van der Waals surface area contributed by atoms with Crippen molar-refractivity contribution < 1.29 is 19.1 Å². The predicted molar refractivity (Wildman–Crippen MR) is 83.4 cm³/mol. The van der Waals surface area contributed by atoms with Crippen LogP contribution < -0.4 is 0 Å². The van der Waals surface area contributed by atoms with Crippen molar-refractivity contribution in [3.63, 3.8) is 0 Å². The van der Waals surface area contributed by atoms with Gasteiger partial charge in [0.15, 0.2) is 0 Å². The molecular formula is C17H12ClNO4. The molecule has 0 aliphatic carbocycles. The molecule has 6 heteroatoms. The highest BCUT2D eigenvalue weighted by molar-refractivity contribution is 6.30. The van der Waals surface area contributed by atoms with E-state index < -0.39 is 11.9 Å². The van der Waals surface area contributed by atoms with Gasteiger partial charge in [-0.15, -0.1) is 0 Å². The molecule has 0 radical (unpaired) electrons. The van der Waals surface area contributed by atoms with Gasteiger partial charge in [-0.3, -0.25) is 14.5 Å². The highest BCUT2D eigenvalue weighted by Gasteiger charge is 2.33. The first-order chi connectivity index (χ1) is 11.0. The van der Waals surface area contributed by atoms with E-state index in [1.165, 1.54) is 25.2 Å². The van der Waals surface area contributed by atoms with Crippen LogP contribution >= 0.6 is 11.6 Å². The highest BCUT2D eigenvalue weighted by Crippen LogP contribution is 2.23. The van der Waals surface area contributed by atoms with E-state index in [0.717, 1.165) is 10.5 Å². The van der Waals surface area contributed by atoms with E-state index in [0.29, 0.717) is 10.6 Å². The number of hydrogen-bond acceptors (Lipinski definition) is 4. The summed E-state index contributed by atoms with van der Waals surface area (Å²) < 4.78 is 5.21. The lowest BCUT2D eigenvalue weighted by atomic mass is 10.1. The Morgan fingerprint density at radius 1 is 1.04 bits per heavy atom. The Kier molecular flexibility index (Phi) is 3.88. The summed E-state index contributed by atoms with van der Waals surface area (Å²) in [5.74, 6) is -1.35. The van der Waals surface area contributed by atoms with Gasteiger partial charge in [0.2, 0.25) is 0 Å². The zero-order valence-electron chi connectivity index (χ0n) is 12.2. The van der Waals surface area contributed by atoms with Gasteiger partial charge in [-0.25, -0.2) is 4.79 Å². The SMILES string of the molecule is CN1C(=O)c2ccc(C(=O)OCc3ccc(Cl)cc3)cc2C1=O. The molecule has 2 amide bonds. The van der Waals surface area contributed by atoms with Crippen LogP contribution in [0.25, 0.3) is 0 Å². The molecule has 0 fully saturated rings. The standard InChI is InChI=1S/C17H12ClNO4/c1-19-15(20)13-7-4-11(8-14(13)16(19)21)17(22)23-9-10-2-5-12(18)6-3-10/h2-8H,9H2,1H3. The van der Waals surface area contributed by atoms with Gasteiger partial charge < -0.3 is 4.74 Å². The number of hydrogen-bond donors (Lipinski definition) is 0. The van der Waals surface area contributed by atoms with Crippen LogP contribution in [0, 0.1) is 0 Å². The molecule has 0 saturated heterocycles. The van der Waals surface area contributed by atoms with Crippen molar-refractivity contribution in [2.45, 2.75) is 6.61 Å². The first-order valence-electron chi connectivity index (χ1n) is 6.85. The maximum atomic E-state index is 12.1. The molecule has 0 spiro atoms. The third-order valence-electron chi connectivity index (χ3n) is 3.61. The van der Waals surface area contributed by atoms with E-state index >= 15 is 0 Å². The van der Waals surface area contributed by atoms with E-state index in [1.54, 1.807) is 24.3 Å². The monoisotopic (exact) mass is 329 g/mol. The number of carbonyl (C=O) groups is 3. The Hall–Kier alpha value is -2.66. The van der Waals surface area contributed by atoms with E-state index in [9.17, 15) is 14.4 Å². The molecule has 23 heavy (non-hydrogen) atoms. The molecule has 1 heterocycles. The van der Waals surface area contributed by atoms with Crippen LogP contribution in [0.15, 0.2) is 42.5 Å². The van der Waals surface area contributed by atoms with Crippen molar-refractivity contribution in [2.24, 2.45) is 0 Å². The van der Waals surface area contributed by atoms with Gasteiger partial charge >= 0.3 is 5.97 Å². The molecule has 0 atom stereocenters. The fourth-order valence-electron chi connectivity index (χ4n) is 2.30. The number of fused-ring (bicyclic) bond motifs is 1. The second kappa shape index (κ2) is 5.85. The Labute approximate surface area is 137 Å².